The predicted octanol–water partition coefficient (Wildman–Crippen LogP) is 1.75. The first-order chi connectivity index (χ1) is 5.37. The smallest absolute Gasteiger partial charge is 0.165 e. The molecule has 0 aromatic rings. The fraction of sp³-hybridized carbons (Fsp3) is 0.600. The van der Waals surface area contributed by atoms with Gasteiger partial charge in [-0.15, -0.1) is 0 Å². The van der Waals surface area contributed by atoms with Crippen LogP contribution in [0.25, 0.3) is 0 Å². The number of ketones is 2. The minimum atomic E-state index is -0.518. The molecule has 1 aliphatic carbocycles. The summed E-state index contributed by atoms with van der Waals surface area (Å²) in [7, 11) is 0. The second-order valence-electron chi connectivity index (χ2n) is 4.00. The van der Waals surface area contributed by atoms with Gasteiger partial charge in [0, 0.05) is 11.3 Å². The van der Waals surface area contributed by atoms with Crippen molar-refractivity contribution >= 4 is 11.6 Å². The zero-order valence-corrected chi connectivity index (χ0v) is 7.97. The van der Waals surface area contributed by atoms with Gasteiger partial charge in [0.05, 0.1) is 0 Å². The number of rotatable bonds is 0. The van der Waals surface area contributed by atoms with E-state index < -0.39 is 5.41 Å². The third kappa shape index (κ3) is 1.11. The van der Waals surface area contributed by atoms with Crippen LogP contribution >= 0.6 is 0 Å². The van der Waals surface area contributed by atoms with Crippen molar-refractivity contribution in [2.45, 2.75) is 27.7 Å². The summed E-state index contributed by atoms with van der Waals surface area (Å²) in [6.45, 7) is 7.17. The normalized spacial score (nSPS) is 28.7. The molecule has 0 amide bonds. The number of hydrogen-bond donors (Lipinski definition) is 0. The first kappa shape index (κ1) is 9.17. The van der Waals surface area contributed by atoms with Crippen molar-refractivity contribution in [2.24, 2.45) is 11.3 Å². The maximum atomic E-state index is 11.6. The monoisotopic (exact) mass is 166 g/mol. The Morgan fingerprint density at radius 1 is 1.33 bits per heavy atom. The number of hydrogen-bond acceptors (Lipinski definition) is 2. The van der Waals surface area contributed by atoms with E-state index in [-0.39, 0.29) is 17.5 Å². The zero-order valence-electron chi connectivity index (χ0n) is 7.97. The molecule has 0 N–H and O–H groups in total. The Balaban J connectivity index is 3.18. The van der Waals surface area contributed by atoms with Crippen LogP contribution in [0.3, 0.4) is 0 Å². The summed E-state index contributed by atoms with van der Waals surface area (Å²) in [5, 5.41) is 0. The Morgan fingerprint density at radius 2 is 1.83 bits per heavy atom. The summed E-state index contributed by atoms with van der Waals surface area (Å²) in [6.07, 6.45) is 1.46. The van der Waals surface area contributed by atoms with Gasteiger partial charge in [-0.05, 0) is 18.6 Å². The van der Waals surface area contributed by atoms with Gasteiger partial charge in [-0.3, -0.25) is 9.59 Å². The molecular formula is C10H14O2. The summed E-state index contributed by atoms with van der Waals surface area (Å²) in [5.74, 6) is -0.0274. The summed E-state index contributed by atoms with van der Waals surface area (Å²) in [4.78, 5) is 22.9. The second-order valence-corrected chi connectivity index (χ2v) is 4.00. The third-order valence-electron chi connectivity index (χ3n) is 2.81. The molecule has 1 unspecified atom stereocenters. The molecule has 1 aliphatic rings. The lowest BCUT2D eigenvalue weighted by molar-refractivity contribution is -0.134. The number of carbonyl (C=O) groups excluding carboxylic acids is 2. The van der Waals surface area contributed by atoms with E-state index in [1.54, 1.807) is 6.92 Å². The molecule has 0 aliphatic heterocycles. The average Bonchev–Trinajstić information content (AvgIpc) is 1.99. The van der Waals surface area contributed by atoms with Crippen LogP contribution in [0.2, 0.25) is 0 Å². The molecule has 1 atom stereocenters. The Morgan fingerprint density at radius 3 is 2.33 bits per heavy atom. The Labute approximate surface area is 72.7 Å². The van der Waals surface area contributed by atoms with Gasteiger partial charge in [-0.1, -0.05) is 20.8 Å². The third-order valence-corrected chi connectivity index (χ3v) is 2.81. The van der Waals surface area contributed by atoms with Crippen LogP contribution < -0.4 is 0 Å². The standard InChI is InChI=1S/C10H14O2/c1-6-5-8(11)7(2)10(3,4)9(6)12/h5,7H,1-4H3. The molecule has 0 heterocycles. The molecule has 0 spiro atoms. The minimum Gasteiger partial charge on any atom is -0.295 e. The predicted molar refractivity (Wildman–Crippen MR) is 46.7 cm³/mol. The van der Waals surface area contributed by atoms with E-state index in [1.165, 1.54) is 6.08 Å². The lowest BCUT2D eigenvalue weighted by atomic mass is 9.69. The SMILES string of the molecule is CC1=CC(=O)C(C)C(C)(C)C1=O. The van der Waals surface area contributed by atoms with E-state index in [4.69, 9.17) is 0 Å². The van der Waals surface area contributed by atoms with Gasteiger partial charge in [-0.2, -0.15) is 0 Å². The number of Topliss-reactive ketones (excluding diaryl/α,β-unsaturated/α-hetero) is 1. The van der Waals surface area contributed by atoms with Gasteiger partial charge in [0.25, 0.3) is 0 Å². The molecule has 12 heavy (non-hydrogen) atoms. The van der Waals surface area contributed by atoms with E-state index in [0.717, 1.165) is 0 Å². The van der Waals surface area contributed by atoms with E-state index in [0.29, 0.717) is 5.57 Å². The fourth-order valence-electron chi connectivity index (χ4n) is 1.46. The molecule has 0 radical (unpaired) electrons. The van der Waals surface area contributed by atoms with Gasteiger partial charge < -0.3 is 0 Å². The van der Waals surface area contributed by atoms with Crippen molar-refractivity contribution in [3.8, 4) is 0 Å². The van der Waals surface area contributed by atoms with Crippen molar-refractivity contribution in [3.05, 3.63) is 11.6 Å². The molecule has 0 saturated carbocycles. The highest BCUT2D eigenvalue weighted by Crippen LogP contribution is 2.34. The number of carbonyl (C=O) groups is 2. The van der Waals surface area contributed by atoms with Crippen LogP contribution in [-0.2, 0) is 9.59 Å². The molecule has 2 heteroatoms. The quantitative estimate of drug-likeness (QED) is 0.549. The maximum Gasteiger partial charge on any atom is 0.165 e. The topological polar surface area (TPSA) is 34.1 Å². The lowest BCUT2D eigenvalue weighted by Gasteiger charge is -2.32. The molecule has 0 aromatic heterocycles. The van der Waals surface area contributed by atoms with Crippen molar-refractivity contribution in [1.82, 2.24) is 0 Å². The summed E-state index contributed by atoms with van der Waals surface area (Å²) < 4.78 is 0. The first-order valence-corrected chi connectivity index (χ1v) is 4.14. The van der Waals surface area contributed by atoms with E-state index in [1.807, 2.05) is 20.8 Å². The molecule has 0 bridgehead atoms. The Hall–Kier alpha value is -0.920. The van der Waals surface area contributed by atoms with Crippen LogP contribution in [0, 0.1) is 11.3 Å². The maximum absolute atomic E-state index is 11.6. The van der Waals surface area contributed by atoms with Gasteiger partial charge in [0.15, 0.2) is 11.6 Å². The van der Waals surface area contributed by atoms with Crippen LogP contribution in [0.1, 0.15) is 27.7 Å². The highest BCUT2D eigenvalue weighted by atomic mass is 16.1. The van der Waals surface area contributed by atoms with Gasteiger partial charge in [-0.25, -0.2) is 0 Å². The molecule has 0 aromatic carbocycles. The Bertz CT molecular complexity index is 272. The van der Waals surface area contributed by atoms with Gasteiger partial charge in [0.1, 0.15) is 0 Å². The first-order valence-electron chi connectivity index (χ1n) is 4.14. The molecule has 66 valence electrons. The molecule has 2 nitrogen and oxygen atoms in total. The second kappa shape index (κ2) is 2.54. The summed E-state index contributed by atoms with van der Waals surface area (Å²) >= 11 is 0. The van der Waals surface area contributed by atoms with Crippen LogP contribution in [0.15, 0.2) is 11.6 Å². The van der Waals surface area contributed by atoms with Crippen LogP contribution in [0.5, 0.6) is 0 Å². The Kier molecular flexibility index (Phi) is 1.94. The highest BCUT2D eigenvalue weighted by Gasteiger charge is 2.40. The van der Waals surface area contributed by atoms with Crippen molar-refractivity contribution in [2.75, 3.05) is 0 Å². The fourth-order valence-corrected chi connectivity index (χ4v) is 1.46. The minimum absolute atomic E-state index is 0.0668. The van der Waals surface area contributed by atoms with Crippen LogP contribution in [0.4, 0.5) is 0 Å². The van der Waals surface area contributed by atoms with Crippen molar-refractivity contribution < 1.29 is 9.59 Å². The molecule has 1 rings (SSSR count). The largest absolute Gasteiger partial charge is 0.295 e. The lowest BCUT2D eigenvalue weighted by Crippen LogP contribution is -2.39. The van der Waals surface area contributed by atoms with E-state index >= 15 is 0 Å². The van der Waals surface area contributed by atoms with Gasteiger partial charge in [0.2, 0.25) is 0 Å². The highest BCUT2D eigenvalue weighted by molar-refractivity contribution is 6.11. The van der Waals surface area contributed by atoms with E-state index in [2.05, 4.69) is 0 Å². The number of allylic oxidation sites excluding steroid dienone is 2. The molecule has 0 fully saturated rings. The molecular weight excluding hydrogens is 152 g/mol. The summed E-state index contributed by atoms with van der Waals surface area (Å²) in [6, 6.07) is 0. The van der Waals surface area contributed by atoms with Crippen LogP contribution in [-0.4, -0.2) is 11.6 Å². The average molecular weight is 166 g/mol. The van der Waals surface area contributed by atoms with Crippen molar-refractivity contribution in [1.29, 1.82) is 0 Å². The summed E-state index contributed by atoms with van der Waals surface area (Å²) in [5.41, 5.74) is 0.0683. The van der Waals surface area contributed by atoms with E-state index in [9.17, 15) is 9.59 Å². The van der Waals surface area contributed by atoms with Gasteiger partial charge >= 0.3 is 0 Å². The zero-order chi connectivity index (χ0) is 9.52. The molecule has 0 saturated heterocycles. The van der Waals surface area contributed by atoms with Crippen molar-refractivity contribution in [3.63, 3.8) is 0 Å².